The third kappa shape index (κ3) is 4.26. The number of hydrogen-bond donors (Lipinski definition) is 1. The van der Waals surface area contributed by atoms with Gasteiger partial charge in [-0.3, -0.25) is 19.1 Å². The molecular weight excluding hydrogens is 336 g/mol. The zero-order valence-electron chi connectivity index (χ0n) is 14.7. The van der Waals surface area contributed by atoms with Crippen LogP contribution in [-0.4, -0.2) is 44.5 Å². The predicted octanol–water partition coefficient (Wildman–Crippen LogP) is 0.219. The van der Waals surface area contributed by atoms with Crippen LogP contribution in [-0.2, 0) is 29.6 Å². The number of rotatable bonds is 5. The first-order valence-corrected chi connectivity index (χ1v) is 8.60. The Morgan fingerprint density at radius 2 is 2.27 bits per heavy atom. The molecule has 8 nitrogen and oxygen atoms in total. The minimum Gasteiger partial charge on any atom is -0.372 e. The van der Waals surface area contributed by atoms with E-state index >= 15 is 0 Å². The molecule has 2 aromatic rings. The van der Waals surface area contributed by atoms with E-state index in [1.807, 2.05) is 12.1 Å². The van der Waals surface area contributed by atoms with Crippen LogP contribution in [0.5, 0.6) is 0 Å². The van der Waals surface area contributed by atoms with Gasteiger partial charge in [-0.05, 0) is 24.5 Å². The van der Waals surface area contributed by atoms with Crippen LogP contribution in [0.25, 0.3) is 0 Å². The second-order valence-corrected chi connectivity index (χ2v) is 6.44. The number of amides is 1. The van der Waals surface area contributed by atoms with Crippen molar-refractivity contribution in [2.24, 2.45) is 7.05 Å². The number of nitrogens with zero attached hydrogens (tertiary/aromatic N) is 3. The van der Waals surface area contributed by atoms with Gasteiger partial charge < -0.3 is 14.6 Å². The van der Waals surface area contributed by atoms with Gasteiger partial charge in [-0.15, -0.1) is 0 Å². The maximum Gasteiger partial charge on any atom is 0.328 e. The van der Waals surface area contributed by atoms with Crippen molar-refractivity contribution in [1.82, 2.24) is 19.4 Å². The number of aromatic nitrogens is 3. The Balaban J connectivity index is 1.58. The Morgan fingerprint density at radius 3 is 3.04 bits per heavy atom. The van der Waals surface area contributed by atoms with E-state index in [9.17, 15) is 14.4 Å². The highest BCUT2D eigenvalue weighted by molar-refractivity contribution is 5.78. The topological polar surface area (TPSA) is 97.3 Å². The van der Waals surface area contributed by atoms with E-state index in [4.69, 9.17) is 4.74 Å². The van der Waals surface area contributed by atoms with Crippen LogP contribution >= 0.6 is 0 Å². The van der Waals surface area contributed by atoms with Gasteiger partial charge in [0.1, 0.15) is 0 Å². The van der Waals surface area contributed by atoms with Crippen molar-refractivity contribution in [3.63, 3.8) is 0 Å². The summed E-state index contributed by atoms with van der Waals surface area (Å²) >= 11 is 0. The molecule has 1 aliphatic rings. The van der Waals surface area contributed by atoms with Gasteiger partial charge >= 0.3 is 5.69 Å². The molecule has 3 rings (SSSR count). The molecule has 0 aromatic carbocycles. The lowest BCUT2D eigenvalue weighted by molar-refractivity contribution is -0.134. The van der Waals surface area contributed by atoms with Gasteiger partial charge in [0.25, 0.3) is 5.56 Å². The number of pyridine rings is 1. The Labute approximate surface area is 150 Å². The fourth-order valence-electron chi connectivity index (χ4n) is 3.01. The Morgan fingerprint density at radius 1 is 1.42 bits per heavy atom. The highest BCUT2D eigenvalue weighted by atomic mass is 16.5. The standard InChI is InChI=1S/C18H22N4O4/c1-21-17(24)14(10-20-18(21)25)8-16(23)22-7-3-5-15(11-22)26-12-13-4-2-6-19-9-13/h2,4,6,9-10,15H,3,5,7-8,11-12H2,1H3,(H,20,25). The molecule has 3 heterocycles. The molecular formula is C18H22N4O4. The molecule has 1 saturated heterocycles. The van der Waals surface area contributed by atoms with Crippen molar-refractivity contribution in [2.75, 3.05) is 13.1 Å². The van der Waals surface area contributed by atoms with Gasteiger partial charge in [0.15, 0.2) is 0 Å². The van der Waals surface area contributed by atoms with E-state index in [0.717, 1.165) is 23.0 Å². The molecule has 0 bridgehead atoms. The number of carbonyl (C=O) groups is 1. The second-order valence-electron chi connectivity index (χ2n) is 6.44. The van der Waals surface area contributed by atoms with Crippen LogP contribution in [0.2, 0.25) is 0 Å². The van der Waals surface area contributed by atoms with Crippen LogP contribution in [0.4, 0.5) is 0 Å². The van der Waals surface area contributed by atoms with Crippen molar-refractivity contribution >= 4 is 5.91 Å². The van der Waals surface area contributed by atoms with Crippen LogP contribution in [0.15, 0.2) is 40.3 Å². The van der Waals surface area contributed by atoms with E-state index in [1.54, 1.807) is 17.3 Å². The SMILES string of the molecule is Cn1c(=O)[nH]cc(CC(=O)N2CCCC(OCc3cccnc3)C2)c1=O. The number of hydrogen-bond acceptors (Lipinski definition) is 5. The molecule has 26 heavy (non-hydrogen) atoms. The van der Waals surface area contributed by atoms with E-state index in [1.165, 1.54) is 13.2 Å². The summed E-state index contributed by atoms with van der Waals surface area (Å²) in [6, 6.07) is 3.81. The zero-order chi connectivity index (χ0) is 18.5. The average Bonchev–Trinajstić information content (AvgIpc) is 2.68. The van der Waals surface area contributed by atoms with Gasteiger partial charge in [-0.1, -0.05) is 6.07 Å². The summed E-state index contributed by atoms with van der Waals surface area (Å²) in [4.78, 5) is 44.3. The number of carbonyl (C=O) groups excluding carboxylic acids is 1. The van der Waals surface area contributed by atoms with Crippen molar-refractivity contribution in [3.8, 4) is 0 Å². The highest BCUT2D eigenvalue weighted by Gasteiger charge is 2.25. The molecule has 0 saturated carbocycles. The molecule has 8 heteroatoms. The fraction of sp³-hybridized carbons (Fsp3) is 0.444. The molecule has 0 spiro atoms. The molecule has 1 aliphatic heterocycles. The Hall–Kier alpha value is -2.74. The summed E-state index contributed by atoms with van der Waals surface area (Å²) in [6.07, 6.45) is 6.48. The fourth-order valence-corrected chi connectivity index (χ4v) is 3.01. The van der Waals surface area contributed by atoms with Crippen molar-refractivity contribution < 1.29 is 9.53 Å². The maximum absolute atomic E-state index is 12.6. The summed E-state index contributed by atoms with van der Waals surface area (Å²) in [5.41, 5.74) is 0.347. The highest BCUT2D eigenvalue weighted by Crippen LogP contribution is 2.16. The normalized spacial score (nSPS) is 17.3. The number of piperidine rings is 1. The van der Waals surface area contributed by atoms with E-state index in [0.29, 0.717) is 19.7 Å². The summed E-state index contributed by atoms with van der Waals surface area (Å²) < 4.78 is 6.88. The maximum atomic E-state index is 12.6. The van der Waals surface area contributed by atoms with Gasteiger partial charge in [0, 0.05) is 44.3 Å². The molecule has 0 radical (unpaired) electrons. The molecule has 1 fully saturated rings. The molecule has 1 N–H and O–H groups in total. The summed E-state index contributed by atoms with van der Waals surface area (Å²) in [7, 11) is 1.39. The first-order valence-electron chi connectivity index (χ1n) is 8.60. The molecule has 1 amide bonds. The molecule has 2 aromatic heterocycles. The zero-order valence-corrected chi connectivity index (χ0v) is 14.7. The lowest BCUT2D eigenvalue weighted by Gasteiger charge is -2.32. The van der Waals surface area contributed by atoms with Gasteiger partial charge in [-0.2, -0.15) is 0 Å². The monoisotopic (exact) mass is 358 g/mol. The number of nitrogens with one attached hydrogen (secondary N) is 1. The van der Waals surface area contributed by atoms with E-state index in [-0.39, 0.29) is 24.0 Å². The van der Waals surface area contributed by atoms with E-state index < -0.39 is 11.2 Å². The van der Waals surface area contributed by atoms with Gasteiger partial charge in [-0.25, -0.2) is 4.79 Å². The molecule has 1 unspecified atom stereocenters. The lowest BCUT2D eigenvalue weighted by atomic mass is 10.1. The quantitative estimate of drug-likeness (QED) is 0.825. The summed E-state index contributed by atoms with van der Waals surface area (Å²) in [5.74, 6) is -0.135. The first-order chi connectivity index (χ1) is 12.5. The molecule has 0 aliphatic carbocycles. The number of ether oxygens (including phenoxy) is 1. The third-order valence-corrected chi connectivity index (χ3v) is 4.53. The minimum absolute atomic E-state index is 0.0290. The summed E-state index contributed by atoms with van der Waals surface area (Å²) in [5, 5.41) is 0. The van der Waals surface area contributed by atoms with Crippen LogP contribution in [0.3, 0.4) is 0 Å². The second kappa shape index (κ2) is 8.09. The molecule has 138 valence electrons. The van der Waals surface area contributed by atoms with Crippen LogP contribution < -0.4 is 11.2 Å². The molecule has 1 atom stereocenters. The van der Waals surface area contributed by atoms with Gasteiger partial charge in [0.2, 0.25) is 5.91 Å². The van der Waals surface area contributed by atoms with Crippen LogP contribution in [0, 0.1) is 0 Å². The summed E-state index contributed by atoms with van der Waals surface area (Å²) in [6.45, 7) is 1.61. The lowest BCUT2D eigenvalue weighted by Crippen LogP contribution is -2.45. The van der Waals surface area contributed by atoms with Gasteiger partial charge in [0.05, 0.1) is 19.1 Å². The van der Waals surface area contributed by atoms with Crippen LogP contribution in [0.1, 0.15) is 24.0 Å². The Bertz CT molecular complexity index is 875. The Kier molecular flexibility index (Phi) is 5.62. The first kappa shape index (κ1) is 18.1. The average molecular weight is 358 g/mol. The van der Waals surface area contributed by atoms with Crippen molar-refractivity contribution in [1.29, 1.82) is 0 Å². The van der Waals surface area contributed by atoms with Crippen molar-refractivity contribution in [3.05, 3.63) is 62.7 Å². The van der Waals surface area contributed by atoms with Crippen molar-refractivity contribution in [2.45, 2.75) is 32.0 Å². The largest absolute Gasteiger partial charge is 0.372 e. The predicted molar refractivity (Wildman–Crippen MR) is 94.6 cm³/mol. The number of H-pyrrole nitrogens is 1. The minimum atomic E-state index is -0.493. The third-order valence-electron chi connectivity index (χ3n) is 4.53. The smallest absolute Gasteiger partial charge is 0.328 e. The number of likely N-dealkylation sites (tertiary alicyclic amines) is 1. The van der Waals surface area contributed by atoms with E-state index in [2.05, 4.69) is 9.97 Å². The number of aromatic amines is 1.